The maximum absolute atomic E-state index is 10.6. The van der Waals surface area contributed by atoms with Crippen LogP contribution in [0.4, 0.5) is 5.69 Å². The Bertz CT molecular complexity index is 262. The molecule has 1 atom stereocenters. The summed E-state index contributed by atoms with van der Waals surface area (Å²) < 4.78 is 19.7. The van der Waals surface area contributed by atoms with Crippen molar-refractivity contribution in [3.8, 4) is 0 Å². The number of hydrogen-bond donors (Lipinski definition) is 2. The maximum atomic E-state index is 10.6. The molecule has 1 radical (unpaired) electrons. The van der Waals surface area contributed by atoms with Gasteiger partial charge in [0.2, 0.25) is 0 Å². The van der Waals surface area contributed by atoms with Gasteiger partial charge in [0.25, 0.3) is 0 Å². The van der Waals surface area contributed by atoms with E-state index in [9.17, 15) is 3.74 Å². The molecule has 0 saturated carbocycles. The second-order valence-corrected chi connectivity index (χ2v) is 3.99. The zero-order valence-electron chi connectivity index (χ0n) is 5.19. The van der Waals surface area contributed by atoms with E-state index in [0.717, 1.165) is 0 Å². The summed E-state index contributed by atoms with van der Waals surface area (Å²) in [6.07, 6.45) is 0. The van der Waals surface area contributed by atoms with Crippen molar-refractivity contribution in [2.24, 2.45) is 0 Å². The standard InChI is InChI=1S/C6H7AsNO2/c8-6-4-2-1-3-5(6)7(9)10/h1-4H,8H2,(H,9,10). The molecule has 0 spiro atoms. The Labute approximate surface area is 63.3 Å². The Morgan fingerprint density at radius 2 is 2.00 bits per heavy atom. The van der Waals surface area contributed by atoms with Crippen LogP contribution in [0.3, 0.4) is 0 Å². The first-order valence-electron chi connectivity index (χ1n) is 2.72. The summed E-state index contributed by atoms with van der Waals surface area (Å²) in [6, 6.07) is 6.62. The third-order valence-corrected chi connectivity index (χ3v) is 2.86. The van der Waals surface area contributed by atoms with Gasteiger partial charge in [0.15, 0.2) is 0 Å². The Hall–Kier alpha value is -0.662. The number of para-hydroxylation sites is 1. The van der Waals surface area contributed by atoms with Crippen LogP contribution < -0.4 is 10.1 Å². The Balaban J connectivity index is 3.15. The predicted octanol–water partition coefficient (Wildman–Crippen LogP) is -0.613. The molecule has 4 heteroatoms. The van der Waals surface area contributed by atoms with Crippen LogP contribution in [0.5, 0.6) is 0 Å². The van der Waals surface area contributed by atoms with Gasteiger partial charge in [-0.3, -0.25) is 0 Å². The first-order valence-corrected chi connectivity index (χ1v) is 5.27. The third kappa shape index (κ3) is 1.43. The van der Waals surface area contributed by atoms with Gasteiger partial charge in [0.05, 0.1) is 0 Å². The molecule has 1 rings (SSSR count). The van der Waals surface area contributed by atoms with Crippen LogP contribution in [-0.4, -0.2) is 19.0 Å². The van der Waals surface area contributed by atoms with E-state index in [1.54, 1.807) is 24.3 Å². The van der Waals surface area contributed by atoms with Gasteiger partial charge in [-0.2, -0.15) is 0 Å². The average molecular weight is 200 g/mol. The molecule has 0 saturated heterocycles. The van der Waals surface area contributed by atoms with Crippen molar-refractivity contribution in [1.82, 2.24) is 0 Å². The normalized spacial score (nSPS) is 11.1. The van der Waals surface area contributed by atoms with Crippen LogP contribution in [0.1, 0.15) is 0 Å². The number of nitrogens with two attached hydrogens (primary N) is 1. The van der Waals surface area contributed by atoms with Gasteiger partial charge in [-0.15, -0.1) is 0 Å². The molecule has 1 aromatic rings. The van der Waals surface area contributed by atoms with Crippen molar-refractivity contribution in [3.05, 3.63) is 24.3 Å². The van der Waals surface area contributed by atoms with Gasteiger partial charge >= 0.3 is 62.8 Å². The molecular formula is C6H7AsNO2. The molecule has 0 heterocycles. The fourth-order valence-electron chi connectivity index (χ4n) is 0.662. The molecule has 0 amide bonds. The van der Waals surface area contributed by atoms with E-state index < -0.39 is 14.9 Å². The van der Waals surface area contributed by atoms with Crippen molar-refractivity contribution >= 4 is 25.0 Å². The topological polar surface area (TPSA) is 63.3 Å². The van der Waals surface area contributed by atoms with Gasteiger partial charge < -0.3 is 0 Å². The fraction of sp³-hybridized carbons (Fsp3) is 0. The summed E-state index contributed by atoms with van der Waals surface area (Å²) in [5.41, 5.74) is 5.80. The van der Waals surface area contributed by atoms with Crippen LogP contribution in [0, 0.1) is 0 Å². The number of rotatable bonds is 1. The summed E-state index contributed by atoms with van der Waals surface area (Å²) in [4.78, 5) is 0. The molecule has 1 aromatic carbocycles. The Morgan fingerprint density at radius 1 is 1.40 bits per heavy atom. The molecule has 53 valence electrons. The van der Waals surface area contributed by atoms with E-state index in [2.05, 4.69) is 0 Å². The monoisotopic (exact) mass is 200 g/mol. The zero-order chi connectivity index (χ0) is 7.56. The number of hydrogen-bond acceptors (Lipinski definition) is 2. The predicted molar refractivity (Wildman–Crippen MR) is 39.1 cm³/mol. The number of nitrogen functional groups attached to an aromatic ring is 1. The van der Waals surface area contributed by atoms with Gasteiger partial charge in [0.1, 0.15) is 0 Å². The second kappa shape index (κ2) is 2.95. The molecule has 3 nitrogen and oxygen atoms in total. The fourth-order valence-corrected chi connectivity index (χ4v) is 1.73. The van der Waals surface area contributed by atoms with E-state index in [1.165, 1.54) is 0 Å². The molecule has 0 aliphatic heterocycles. The zero-order valence-corrected chi connectivity index (χ0v) is 7.07. The average Bonchev–Trinajstić information content (AvgIpc) is 1.88. The summed E-state index contributed by atoms with van der Waals surface area (Å²) in [6.45, 7) is 0. The summed E-state index contributed by atoms with van der Waals surface area (Å²) >= 11 is -3.00. The summed E-state index contributed by atoms with van der Waals surface area (Å²) in [5.74, 6) is 0. The number of benzene rings is 1. The SMILES string of the molecule is Nc1ccccc1[As](=O)O. The van der Waals surface area contributed by atoms with Crippen LogP contribution in [0.25, 0.3) is 0 Å². The molecule has 0 bridgehead atoms. The molecular weight excluding hydrogens is 193 g/mol. The van der Waals surface area contributed by atoms with Crippen molar-refractivity contribution in [1.29, 1.82) is 0 Å². The quantitative estimate of drug-likeness (QED) is 0.469. The Morgan fingerprint density at radius 3 is 2.40 bits per heavy atom. The minimum atomic E-state index is -3.00. The van der Waals surface area contributed by atoms with Crippen LogP contribution >= 0.6 is 0 Å². The van der Waals surface area contributed by atoms with Crippen molar-refractivity contribution < 1.29 is 7.84 Å². The van der Waals surface area contributed by atoms with Gasteiger partial charge in [-0.1, -0.05) is 0 Å². The van der Waals surface area contributed by atoms with Gasteiger partial charge in [-0.25, -0.2) is 0 Å². The molecule has 10 heavy (non-hydrogen) atoms. The molecule has 0 aromatic heterocycles. The van der Waals surface area contributed by atoms with Crippen molar-refractivity contribution in [2.75, 3.05) is 5.73 Å². The minimum absolute atomic E-state index is 0.384. The van der Waals surface area contributed by atoms with E-state index >= 15 is 0 Å². The molecule has 1 unspecified atom stereocenters. The molecule has 0 fully saturated rings. The summed E-state index contributed by atoms with van der Waals surface area (Å²) in [5, 5.41) is 0. The number of anilines is 1. The summed E-state index contributed by atoms with van der Waals surface area (Å²) in [7, 11) is 0. The van der Waals surface area contributed by atoms with Crippen molar-refractivity contribution in [2.45, 2.75) is 0 Å². The van der Waals surface area contributed by atoms with Crippen LogP contribution in [0.15, 0.2) is 24.3 Å². The molecule has 0 aliphatic carbocycles. The second-order valence-electron chi connectivity index (χ2n) is 1.83. The Kier molecular flexibility index (Phi) is 2.20. The van der Waals surface area contributed by atoms with Gasteiger partial charge in [-0.05, 0) is 0 Å². The van der Waals surface area contributed by atoms with E-state index in [4.69, 9.17) is 9.83 Å². The van der Waals surface area contributed by atoms with Gasteiger partial charge in [0, 0.05) is 0 Å². The van der Waals surface area contributed by atoms with E-state index in [1.807, 2.05) is 0 Å². The molecule has 3 N–H and O–H groups in total. The first kappa shape index (κ1) is 7.45. The third-order valence-electron chi connectivity index (χ3n) is 1.14. The van der Waals surface area contributed by atoms with Crippen LogP contribution in [0.2, 0.25) is 0 Å². The van der Waals surface area contributed by atoms with Crippen LogP contribution in [-0.2, 0) is 3.74 Å². The van der Waals surface area contributed by atoms with Crippen molar-refractivity contribution in [3.63, 3.8) is 0 Å². The van der Waals surface area contributed by atoms with E-state index in [0.29, 0.717) is 10.0 Å². The van der Waals surface area contributed by atoms with E-state index in [-0.39, 0.29) is 0 Å². The first-order chi connectivity index (χ1) is 4.72. The molecule has 0 aliphatic rings.